The molecule has 0 saturated carbocycles. The van der Waals surface area contributed by atoms with Crippen LogP contribution < -0.4 is 5.32 Å². The Bertz CT molecular complexity index is 577. The lowest BCUT2D eigenvalue weighted by Gasteiger charge is -2.24. The van der Waals surface area contributed by atoms with Crippen LogP contribution in [0.1, 0.15) is 12.5 Å². The third-order valence-corrected chi connectivity index (χ3v) is 4.20. The summed E-state index contributed by atoms with van der Waals surface area (Å²) in [7, 11) is -0.736. The maximum Gasteiger partial charge on any atom is 0.416 e. The molecule has 0 heterocycles. The van der Waals surface area contributed by atoms with Crippen molar-refractivity contribution in [2.45, 2.75) is 13.1 Å². The molecule has 0 saturated heterocycles. The Morgan fingerprint density at radius 3 is 2.52 bits per heavy atom. The predicted molar refractivity (Wildman–Crippen MR) is 90.0 cm³/mol. The first-order chi connectivity index (χ1) is 10.5. The summed E-state index contributed by atoms with van der Waals surface area (Å²) in [5, 5.41) is 2.76. The Labute approximate surface area is 136 Å². The molecule has 3 nitrogen and oxygen atoms in total. The third-order valence-electron chi connectivity index (χ3n) is 2.81. The summed E-state index contributed by atoms with van der Waals surface area (Å²) in [5.41, 5.74) is -0.0658. The van der Waals surface area contributed by atoms with Gasteiger partial charge in [-0.15, -0.1) is 0 Å². The van der Waals surface area contributed by atoms with E-state index in [1.165, 1.54) is 18.2 Å². The Balaban J connectivity index is 2.61. The van der Waals surface area contributed by atoms with Crippen molar-refractivity contribution in [3.05, 3.63) is 41.6 Å². The molecule has 130 valence electrons. The number of alkyl halides is 3. The van der Waals surface area contributed by atoms with Gasteiger partial charge in [-0.05, 0) is 43.9 Å². The van der Waals surface area contributed by atoms with Gasteiger partial charge < -0.3 is 10.1 Å². The van der Waals surface area contributed by atoms with Gasteiger partial charge >= 0.3 is 12.1 Å². The maximum atomic E-state index is 12.6. The fraction of sp³-hybridized carbons (Fsp3) is 0.438. The van der Waals surface area contributed by atoms with Crippen molar-refractivity contribution in [2.75, 3.05) is 36.4 Å². The minimum absolute atomic E-state index is 0.264. The van der Waals surface area contributed by atoms with Gasteiger partial charge in [0.05, 0.1) is 12.2 Å². The van der Waals surface area contributed by atoms with E-state index in [0.717, 1.165) is 17.9 Å². The zero-order chi connectivity index (χ0) is 17.7. The average molecular weight is 349 g/mol. The van der Waals surface area contributed by atoms with Crippen molar-refractivity contribution in [3.8, 4) is 0 Å². The number of nitrogens with one attached hydrogen (secondary N) is 1. The highest BCUT2D eigenvalue weighted by molar-refractivity contribution is 8.32. The van der Waals surface area contributed by atoms with E-state index in [1.54, 1.807) is 6.92 Å². The Morgan fingerprint density at radius 2 is 1.96 bits per heavy atom. The quantitative estimate of drug-likeness (QED) is 0.616. The molecule has 0 bridgehead atoms. The molecule has 1 aromatic carbocycles. The molecule has 1 N–H and O–H groups in total. The number of halogens is 3. The van der Waals surface area contributed by atoms with Gasteiger partial charge in [-0.3, -0.25) is 0 Å². The molecule has 0 aromatic heterocycles. The fourth-order valence-corrected chi connectivity index (χ4v) is 2.23. The van der Waals surface area contributed by atoms with E-state index in [2.05, 4.69) is 24.1 Å². The lowest BCUT2D eigenvalue weighted by molar-refractivity contribution is -0.138. The maximum absolute atomic E-state index is 12.6. The Kier molecular flexibility index (Phi) is 6.56. The van der Waals surface area contributed by atoms with Crippen molar-refractivity contribution < 1.29 is 22.7 Å². The molecule has 23 heavy (non-hydrogen) atoms. The molecule has 0 atom stereocenters. The van der Waals surface area contributed by atoms with Crippen molar-refractivity contribution in [1.82, 2.24) is 0 Å². The first-order valence-corrected chi connectivity index (χ1v) is 9.95. The van der Waals surface area contributed by atoms with Crippen LogP contribution in [0.15, 0.2) is 36.0 Å². The highest BCUT2D eigenvalue weighted by Crippen LogP contribution is 2.33. The second-order valence-electron chi connectivity index (χ2n) is 5.99. The number of rotatable bonds is 6. The van der Waals surface area contributed by atoms with Gasteiger partial charge in [0.1, 0.15) is 0 Å². The normalized spacial score (nSPS) is 13.6. The van der Waals surface area contributed by atoms with E-state index in [1.807, 2.05) is 0 Å². The number of allylic oxidation sites excluding steroid dienone is 1. The average Bonchev–Trinajstić information content (AvgIpc) is 2.36. The van der Waals surface area contributed by atoms with Crippen LogP contribution in [-0.2, 0) is 15.7 Å². The number of benzene rings is 1. The number of carbonyl (C=O) groups is 1. The van der Waals surface area contributed by atoms with Crippen LogP contribution in [0.4, 0.5) is 18.9 Å². The molecule has 0 radical (unpaired) electrons. The molecular weight excluding hydrogens is 327 g/mol. The largest absolute Gasteiger partial charge is 0.462 e. The van der Waals surface area contributed by atoms with E-state index in [9.17, 15) is 18.0 Å². The SMILES string of the molecule is C/C(=C\C(=O)OCCS(C)(C)C)Nc1cccc(C(F)(F)F)c1. The number of anilines is 1. The zero-order valence-electron chi connectivity index (χ0n) is 13.7. The molecule has 0 amide bonds. The minimum atomic E-state index is -4.40. The van der Waals surface area contributed by atoms with Crippen LogP contribution in [0.3, 0.4) is 0 Å². The van der Waals surface area contributed by atoms with Crippen LogP contribution >= 0.6 is 10.0 Å². The third kappa shape index (κ3) is 7.97. The van der Waals surface area contributed by atoms with Crippen LogP contribution in [0.5, 0.6) is 0 Å². The van der Waals surface area contributed by atoms with E-state index in [-0.39, 0.29) is 5.69 Å². The summed E-state index contributed by atoms with van der Waals surface area (Å²) < 4.78 is 43.0. The first-order valence-electron chi connectivity index (χ1n) is 6.93. The summed E-state index contributed by atoms with van der Waals surface area (Å²) in [6, 6.07) is 4.79. The van der Waals surface area contributed by atoms with E-state index in [0.29, 0.717) is 12.3 Å². The molecular formula is C16H22F3NO2S. The van der Waals surface area contributed by atoms with Crippen LogP contribution in [0.25, 0.3) is 0 Å². The monoisotopic (exact) mass is 349 g/mol. The van der Waals surface area contributed by atoms with Crippen LogP contribution in [-0.4, -0.2) is 37.1 Å². The molecule has 0 fully saturated rings. The molecule has 1 rings (SSSR count). The van der Waals surface area contributed by atoms with Gasteiger partial charge in [0.25, 0.3) is 0 Å². The van der Waals surface area contributed by atoms with E-state index < -0.39 is 27.7 Å². The Hall–Kier alpha value is -1.63. The standard InChI is InChI=1S/C16H22F3NO2S/c1-12(10-15(21)22-8-9-23(2,3)4)20-14-7-5-6-13(11-14)16(17,18)19/h5-7,10-11,20H,8-9H2,1-4H3/b12-10+. The van der Waals surface area contributed by atoms with Gasteiger partial charge in [0, 0.05) is 23.2 Å². The molecule has 0 aliphatic heterocycles. The minimum Gasteiger partial charge on any atom is -0.462 e. The highest BCUT2D eigenvalue weighted by Gasteiger charge is 2.30. The first kappa shape index (κ1) is 19.4. The van der Waals surface area contributed by atoms with Gasteiger partial charge in [-0.2, -0.15) is 13.2 Å². The van der Waals surface area contributed by atoms with E-state index >= 15 is 0 Å². The lowest BCUT2D eigenvalue weighted by Crippen LogP contribution is -2.11. The number of ether oxygens (including phenoxy) is 1. The fourth-order valence-electron chi connectivity index (χ4n) is 1.65. The van der Waals surface area contributed by atoms with Gasteiger partial charge in [-0.1, -0.05) is 6.07 Å². The van der Waals surface area contributed by atoms with Crippen LogP contribution in [0.2, 0.25) is 0 Å². The highest BCUT2D eigenvalue weighted by atomic mass is 32.3. The summed E-state index contributed by atoms with van der Waals surface area (Å²) in [5.74, 6) is 0.304. The van der Waals surface area contributed by atoms with Crippen molar-refractivity contribution in [3.63, 3.8) is 0 Å². The number of hydrogen-bond donors (Lipinski definition) is 1. The summed E-state index contributed by atoms with van der Waals surface area (Å²) in [6.07, 6.45) is 3.20. The topological polar surface area (TPSA) is 38.3 Å². The summed E-state index contributed by atoms with van der Waals surface area (Å²) in [4.78, 5) is 11.6. The molecule has 7 heteroatoms. The molecule has 0 unspecified atom stereocenters. The van der Waals surface area contributed by atoms with Crippen molar-refractivity contribution in [2.24, 2.45) is 0 Å². The van der Waals surface area contributed by atoms with Crippen molar-refractivity contribution >= 4 is 21.7 Å². The summed E-state index contributed by atoms with van der Waals surface area (Å²) >= 11 is 0. The number of esters is 1. The number of hydrogen-bond acceptors (Lipinski definition) is 3. The molecule has 1 aromatic rings. The molecule has 0 aliphatic carbocycles. The van der Waals surface area contributed by atoms with Crippen LogP contribution in [0, 0.1) is 0 Å². The Morgan fingerprint density at radius 1 is 1.30 bits per heavy atom. The second kappa shape index (κ2) is 7.77. The van der Waals surface area contributed by atoms with Gasteiger partial charge in [-0.25, -0.2) is 14.8 Å². The zero-order valence-corrected chi connectivity index (χ0v) is 14.5. The lowest BCUT2D eigenvalue weighted by atomic mass is 10.2. The summed E-state index contributed by atoms with van der Waals surface area (Å²) in [6.45, 7) is 1.93. The molecule has 0 spiro atoms. The van der Waals surface area contributed by atoms with Gasteiger partial charge in [0.15, 0.2) is 0 Å². The molecule has 0 aliphatic rings. The van der Waals surface area contributed by atoms with E-state index in [4.69, 9.17) is 4.74 Å². The number of carbonyl (C=O) groups excluding carboxylic acids is 1. The second-order valence-corrected chi connectivity index (χ2v) is 10.6. The predicted octanol–water partition coefficient (Wildman–Crippen LogP) is 4.26. The smallest absolute Gasteiger partial charge is 0.416 e. The van der Waals surface area contributed by atoms with Crippen molar-refractivity contribution in [1.29, 1.82) is 0 Å². The van der Waals surface area contributed by atoms with Gasteiger partial charge in [0.2, 0.25) is 0 Å².